The molecule has 0 spiro atoms. The standard InChI is InChI=1S/C8H12N2O/c1-6-3-10-8(11-6)2-7-4-9-5-7/h3,7,9H,2,4-5H2,1H3. The van der Waals surface area contributed by atoms with Gasteiger partial charge in [-0.15, -0.1) is 0 Å². The zero-order valence-electron chi connectivity index (χ0n) is 6.63. The molecule has 0 unspecified atom stereocenters. The third-order valence-corrected chi connectivity index (χ3v) is 2.00. The van der Waals surface area contributed by atoms with Gasteiger partial charge >= 0.3 is 0 Å². The van der Waals surface area contributed by atoms with Crippen LogP contribution in [0.15, 0.2) is 10.6 Å². The Morgan fingerprint density at radius 1 is 1.73 bits per heavy atom. The van der Waals surface area contributed by atoms with E-state index in [-0.39, 0.29) is 0 Å². The predicted octanol–water partition coefficient (Wildman–Crippen LogP) is 0.745. The predicted molar refractivity (Wildman–Crippen MR) is 41.3 cm³/mol. The number of hydrogen-bond acceptors (Lipinski definition) is 3. The van der Waals surface area contributed by atoms with Crippen LogP contribution in [0.3, 0.4) is 0 Å². The summed E-state index contributed by atoms with van der Waals surface area (Å²) in [6.45, 7) is 4.15. The Labute approximate surface area is 65.8 Å². The van der Waals surface area contributed by atoms with Gasteiger partial charge in [0.25, 0.3) is 0 Å². The van der Waals surface area contributed by atoms with E-state index in [9.17, 15) is 0 Å². The lowest BCUT2D eigenvalue weighted by molar-refractivity contribution is 0.315. The average Bonchev–Trinajstić information content (AvgIpc) is 2.27. The van der Waals surface area contributed by atoms with Crippen LogP contribution in [-0.4, -0.2) is 18.1 Å². The van der Waals surface area contributed by atoms with E-state index in [0.717, 1.165) is 37.1 Å². The first-order valence-electron chi connectivity index (χ1n) is 3.96. The van der Waals surface area contributed by atoms with Crippen molar-refractivity contribution in [2.75, 3.05) is 13.1 Å². The summed E-state index contributed by atoms with van der Waals surface area (Å²) in [7, 11) is 0. The van der Waals surface area contributed by atoms with Crippen LogP contribution in [0, 0.1) is 12.8 Å². The summed E-state index contributed by atoms with van der Waals surface area (Å²) in [5, 5.41) is 3.22. The van der Waals surface area contributed by atoms with Crippen molar-refractivity contribution in [3.63, 3.8) is 0 Å². The fraction of sp³-hybridized carbons (Fsp3) is 0.625. The van der Waals surface area contributed by atoms with Crippen LogP contribution in [0.4, 0.5) is 0 Å². The van der Waals surface area contributed by atoms with Crippen LogP contribution < -0.4 is 5.32 Å². The molecule has 1 N–H and O–H groups in total. The average molecular weight is 152 g/mol. The Morgan fingerprint density at radius 3 is 3.00 bits per heavy atom. The van der Waals surface area contributed by atoms with E-state index in [4.69, 9.17) is 4.42 Å². The van der Waals surface area contributed by atoms with E-state index >= 15 is 0 Å². The second-order valence-electron chi connectivity index (χ2n) is 3.09. The summed E-state index contributed by atoms with van der Waals surface area (Å²) in [5.41, 5.74) is 0. The van der Waals surface area contributed by atoms with Gasteiger partial charge in [-0.05, 0) is 25.9 Å². The van der Waals surface area contributed by atoms with E-state index in [2.05, 4.69) is 10.3 Å². The van der Waals surface area contributed by atoms with Crippen LogP contribution in [-0.2, 0) is 6.42 Å². The molecular formula is C8H12N2O. The van der Waals surface area contributed by atoms with Gasteiger partial charge in [0.05, 0.1) is 6.20 Å². The number of oxazole rings is 1. The van der Waals surface area contributed by atoms with Crippen molar-refractivity contribution in [1.82, 2.24) is 10.3 Å². The van der Waals surface area contributed by atoms with E-state index in [1.807, 2.05) is 6.92 Å². The summed E-state index contributed by atoms with van der Waals surface area (Å²) in [6, 6.07) is 0. The van der Waals surface area contributed by atoms with Crippen LogP contribution in [0.5, 0.6) is 0 Å². The number of hydrogen-bond donors (Lipinski definition) is 1. The topological polar surface area (TPSA) is 38.1 Å². The Hall–Kier alpha value is -0.830. The molecule has 1 aliphatic rings. The maximum atomic E-state index is 5.35. The monoisotopic (exact) mass is 152 g/mol. The maximum Gasteiger partial charge on any atom is 0.194 e. The fourth-order valence-electron chi connectivity index (χ4n) is 1.24. The van der Waals surface area contributed by atoms with Crippen molar-refractivity contribution in [1.29, 1.82) is 0 Å². The highest BCUT2D eigenvalue weighted by atomic mass is 16.4. The minimum absolute atomic E-state index is 0.744. The van der Waals surface area contributed by atoms with Crippen molar-refractivity contribution < 1.29 is 4.42 Å². The zero-order chi connectivity index (χ0) is 7.68. The molecule has 1 aromatic heterocycles. The van der Waals surface area contributed by atoms with Gasteiger partial charge < -0.3 is 9.73 Å². The SMILES string of the molecule is Cc1cnc(CC2CNC2)o1. The number of nitrogens with one attached hydrogen (secondary N) is 1. The minimum Gasteiger partial charge on any atom is -0.446 e. The van der Waals surface area contributed by atoms with Crippen molar-refractivity contribution in [3.8, 4) is 0 Å². The largest absolute Gasteiger partial charge is 0.446 e. The van der Waals surface area contributed by atoms with E-state index in [1.54, 1.807) is 6.20 Å². The molecule has 1 aliphatic heterocycles. The summed E-state index contributed by atoms with van der Waals surface area (Å²) < 4.78 is 5.35. The first kappa shape index (κ1) is 6.85. The van der Waals surface area contributed by atoms with Gasteiger partial charge in [-0.2, -0.15) is 0 Å². The number of aryl methyl sites for hydroxylation is 1. The van der Waals surface area contributed by atoms with Gasteiger partial charge in [-0.1, -0.05) is 0 Å². The normalized spacial score (nSPS) is 18.3. The molecule has 3 nitrogen and oxygen atoms in total. The zero-order valence-corrected chi connectivity index (χ0v) is 6.63. The van der Waals surface area contributed by atoms with Crippen LogP contribution >= 0.6 is 0 Å². The lowest BCUT2D eigenvalue weighted by Crippen LogP contribution is -2.43. The van der Waals surface area contributed by atoms with Gasteiger partial charge in [0.15, 0.2) is 5.89 Å². The second kappa shape index (κ2) is 2.66. The van der Waals surface area contributed by atoms with Gasteiger partial charge in [-0.3, -0.25) is 0 Å². The third-order valence-electron chi connectivity index (χ3n) is 2.00. The van der Waals surface area contributed by atoms with E-state index in [1.165, 1.54) is 0 Å². The molecule has 0 aromatic carbocycles. The number of nitrogens with zero attached hydrogens (tertiary/aromatic N) is 1. The molecule has 0 aliphatic carbocycles. The molecule has 2 heterocycles. The van der Waals surface area contributed by atoms with Crippen molar-refractivity contribution >= 4 is 0 Å². The number of aromatic nitrogens is 1. The molecule has 2 rings (SSSR count). The highest BCUT2D eigenvalue weighted by Gasteiger charge is 2.18. The molecule has 0 amide bonds. The molecule has 1 fully saturated rings. The number of rotatable bonds is 2. The van der Waals surface area contributed by atoms with Crippen molar-refractivity contribution in [2.45, 2.75) is 13.3 Å². The smallest absolute Gasteiger partial charge is 0.194 e. The Bertz CT molecular complexity index is 240. The molecule has 60 valence electrons. The van der Waals surface area contributed by atoms with Crippen LogP contribution in [0.1, 0.15) is 11.7 Å². The van der Waals surface area contributed by atoms with Crippen LogP contribution in [0.25, 0.3) is 0 Å². The molecule has 1 saturated heterocycles. The first-order chi connectivity index (χ1) is 5.34. The molecule has 0 radical (unpaired) electrons. The fourth-order valence-corrected chi connectivity index (χ4v) is 1.24. The Morgan fingerprint density at radius 2 is 2.55 bits per heavy atom. The molecule has 0 saturated carbocycles. The highest BCUT2D eigenvalue weighted by molar-refractivity contribution is 4.93. The lowest BCUT2D eigenvalue weighted by atomic mass is 10.00. The highest BCUT2D eigenvalue weighted by Crippen LogP contribution is 2.11. The molecule has 0 bridgehead atoms. The van der Waals surface area contributed by atoms with Gasteiger partial charge in [0.1, 0.15) is 5.76 Å². The Balaban J connectivity index is 1.95. The Kier molecular flexibility index (Phi) is 1.66. The summed E-state index contributed by atoms with van der Waals surface area (Å²) in [4.78, 5) is 4.14. The summed E-state index contributed by atoms with van der Waals surface area (Å²) in [5.74, 6) is 2.54. The minimum atomic E-state index is 0.744. The molecule has 11 heavy (non-hydrogen) atoms. The molecule has 0 atom stereocenters. The molecular weight excluding hydrogens is 140 g/mol. The van der Waals surface area contributed by atoms with E-state index in [0.29, 0.717) is 0 Å². The summed E-state index contributed by atoms with van der Waals surface area (Å²) >= 11 is 0. The quantitative estimate of drug-likeness (QED) is 0.679. The third kappa shape index (κ3) is 1.43. The van der Waals surface area contributed by atoms with Crippen molar-refractivity contribution in [2.24, 2.45) is 5.92 Å². The molecule has 1 aromatic rings. The first-order valence-corrected chi connectivity index (χ1v) is 3.96. The summed E-state index contributed by atoms with van der Waals surface area (Å²) in [6.07, 6.45) is 2.77. The molecule has 3 heteroatoms. The maximum absolute atomic E-state index is 5.35. The van der Waals surface area contributed by atoms with Gasteiger partial charge in [0, 0.05) is 6.42 Å². The van der Waals surface area contributed by atoms with E-state index < -0.39 is 0 Å². The van der Waals surface area contributed by atoms with Gasteiger partial charge in [0.2, 0.25) is 0 Å². The lowest BCUT2D eigenvalue weighted by Gasteiger charge is -2.25. The van der Waals surface area contributed by atoms with Crippen LogP contribution in [0.2, 0.25) is 0 Å². The van der Waals surface area contributed by atoms with Gasteiger partial charge in [-0.25, -0.2) is 4.98 Å². The second-order valence-corrected chi connectivity index (χ2v) is 3.09. The van der Waals surface area contributed by atoms with Crippen molar-refractivity contribution in [3.05, 3.63) is 17.8 Å².